The van der Waals surface area contributed by atoms with Gasteiger partial charge < -0.3 is 70.9 Å². The van der Waals surface area contributed by atoms with Gasteiger partial charge in [-0.1, -0.05) is 101 Å². The van der Waals surface area contributed by atoms with Crippen LogP contribution in [0.3, 0.4) is 0 Å². The molecule has 3 aromatic carbocycles. The summed E-state index contributed by atoms with van der Waals surface area (Å²) in [6.07, 6.45) is 0.687. The first-order chi connectivity index (χ1) is 38.6. The van der Waals surface area contributed by atoms with Crippen LogP contribution < -0.4 is 86.1 Å². The third-order valence-corrected chi connectivity index (χ3v) is 17.6. The number of aliphatic hydroxyl groups is 1. The number of alkyl carbamates (subject to hydrolysis) is 1. The van der Waals surface area contributed by atoms with Crippen LogP contribution in [-0.2, 0) is 79.7 Å². The van der Waals surface area contributed by atoms with E-state index in [-0.39, 0.29) is 135 Å². The Morgan fingerprint density at radius 1 is 0.798 bits per heavy atom. The maximum Gasteiger partial charge on any atom is 1.00 e. The number of nitrogens with one attached hydrogen (secondary N) is 2. The Kier molecular flexibility index (Phi) is 35.0. The van der Waals surface area contributed by atoms with E-state index in [9.17, 15) is 50.5 Å². The van der Waals surface area contributed by atoms with Crippen molar-refractivity contribution in [3.8, 4) is 0 Å². The molecule has 9 atom stereocenters. The number of phosphoric acid groups is 1. The minimum atomic E-state index is -5.09. The summed E-state index contributed by atoms with van der Waals surface area (Å²) in [6, 6.07) is 21.9. The molecule has 1 amide bonds. The van der Waals surface area contributed by atoms with Crippen LogP contribution in [0.2, 0.25) is 0 Å². The number of carbonyl (C=O) groups is 2. The fourth-order valence-corrected chi connectivity index (χ4v) is 13.5. The fraction of sp³-hybridized carbons (Fsp3) is 0.538. The van der Waals surface area contributed by atoms with Gasteiger partial charge in [0.15, 0.2) is 0 Å². The molecule has 0 radical (unpaired) electrons. The normalized spacial score (nSPS) is 19.6. The van der Waals surface area contributed by atoms with Gasteiger partial charge in [-0.3, -0.25) is 14.6 Å². The van der Waals surface area contributed by atoms with Gasteiger partial charge in [0.1, 0.15) is 13.7 Å². The number of rotatable bonds is 29. The molecule has 26 nitrogen and oxygen atoms in total. The number of hydrogen-bond acceptors (Lipinski definition) is 21. The molecule has 3 unspecified atom stereocenters. The number of allylic oxidation sites excluding steroid dienone is 2. The van der Waals surface area contributed by atoms with Gasteiger partial charge in [-0.2, -0.15) is 8.61 Å². The van der Waals surface area contributed by atoms with Crippen LogP contribution >= 0.6 is 15.4 Å². The van der Waals surface area contributed by atoms with Crippen LogP contribution in [-0.4, -0.2) is 166 Å². The summed E-state index contributed by atoms with van der Waals surface area (Å²) in [5.41, 5.74) is 13.9. The average Bonchev–Trinajstić information content (AvgIpc) is 2.97. The Morgan fingerprint density at radius 2 is 1.30 bits per heavy atom. The zero-order valence-electron chi connectivity index (χ0n) is 49.4. The van der Waals surface area contributed by atoms with Crippen molar-refractivity contribution in [2.45, 2.75) is 113 Å². The van der Waals surface area contributed by atoms with Crippen LogP contribution in [0.4, 0.5) is 10.5 Å². The van der Waals surface area contributed by atoms with E-state index in [1.165, 1.54) is 34.6 Å². The second-order valence-corrected chi connectivity index (χ2v) is 27.4. The maximum absolute atomic E-state index is 13.7. The van der Waals surface area contributed by atoms with E-state index in [0.717, 1.165) is 22.1 Å². The molecule has 6 rings (SSSR count). The number of carbonyl (C=O) groups excluding carboxylic acids is 2. The van der Waals surface area contributed by atoms with Gasteiger partial charge in [0, 0.05) is 63.3 Å². The standard InChI is InChI=1S/C26H40N3O8PS.C25H38N3O9PS.CH2O3.2Na.H/c1-19(2)16-29(39(33,34)23-11-9-21(27)10-12-23)17-25(37-38(3,31)32)24(15-20-7-5-4-6-8-20)28-26(30)36-22-13-14-35-18-22;1-18(2)15-28(39(33,34)22-10-8-20(26)9-11-22)16-24(37-38(30,31)32)23(14-19-6-4-3-5-7-19)27-25(29)36-21-12-13-35-17-21;2-1-4-3;;;/h4-11,19,22-25H,12-18,27H2,1-3H3,(H,28,30)(H,31,32);3-11,18,21,23-25,27,29H,12-17,26H2,1-2H3,(H2,30,31,32);1,3H;;;/q;;;2*+1;-1/p-1/t22-,23?,24-,25+;21-,23-,24+,25?;;;;/m00..../s1. The average molecular weight is 1280 g/mol. The Balaban J connectivity index is 0.000000773. The number of anilines is 1. The van der Waals surface area contributed by atoms with Gasteiger partial charge in [0.05, 0.1) is 54.3 Å². The predicted octanol–water partition coefficient (Wildman–Crippen LogP) is -2.43. The molecular formula is C52H80N6Na2O20P2S2. The van der Waals surface area contributed by atoms with Gasteiger partial charge in [-0.15, -0.1) is 0 Å². The third kappa shape index (κ3) is 28.6. The minimum Gasteiger partial charge on any atom is -1.00 e. The number of sulfonamides is 2. The van der Waals surface area contributed by atoms with E-state index in [1.807, 2.05) is 64.1 Å². The van der Waals surface area contributed by atoms with Gasteiger partial charge in [0.25, 0.3) is 0 Å². The van der Waals surface area contributed by atoms with Crippen molar-refractivity contribution >= 4 is 53.7 Å². The van der Waals surface area contributed by atoms with E-state index in [2.05, 4.69) is 15.5 Å². The molecule has 2 aliphatic heterocycles. The largest absolute Gasteiger partial charge is 1.00 e. The number of nitrogens with zero attached hydrogens (tertiary/aromatic N) is 2. The fourth-order valence-electron chi connectivity index (χ4n) is 8.75. The Morgan fingerprint density at radius 3 is 1.76 bits per heavy atom. The molecule has 10 N–H and O–H groups in total. The van der Waals surface area contributed by atoms with Gasteiger partial charge in [-0.25, -0.2) is 31.5 Å². The summed E-state index contributed by atoms with van der Waals surface area (Å²) in [5.74, 6) is -0.191. The van der Waals surface area contributed by atoms with Crippen molar-refractivity contribution in [2.75, 3.05) is 65.0 Å². The molecule has 0 aromatic heterocycles. The van der Waals surface area contributed by atoms with Gasteiger partial charge in [-0.05, 0) is 79.0 Å². The van der Waals surface area contributed by atoms with E-state index >= 15 is 0 Å². The molecule has 2 saturated heterocycles. The number of benzene rings is 3. The number of hydrogen-bond donors (Lipinski definition) is 8. The summed E-state index contributed by atoms with van der Waals surface area (Å²) in [5, 5.41) is 22.4. The summed E-state index contributed by atoms with van der Waals surface area (Å²) < 4.78 is 114. The smallest absolute Gasteiger partial charge is 1.00 e. The van der Waals surface area contributed by atoms with E-state index in [0.29, 0.717) is 44.0 Å². The van der Waals surface area contributed by atoms with E-state index < -0.39 is 90.2 Å². The zero-order valence-corrected chi connectivity index (χ0v) is 55.9. The van der Waals surface area contributed by atoms with Crippen molar-refractivity contribution < 1.29 is 154 Å². The van der Waals surface area contributed by atoms with E-state index in [1.54, 1.807) is 36.4 Å². The molecular weight excluding hydrogens is 1200 g/mol. The summed E-state index contributed by atoms with van der Waals surface area (Å²) in [7, 11) is -17.5. The van der Waals surface area contributed by atoms with Crippen LogP contribution in [0.1, 0.15) is 59.5 Å². The summed E-state index contributed by atoms with van der Waals surface area (Å²) >= 11 is 0. The number of phosphoric ester groups is 1. The minimum absolute atomic E-state index is 0. The first-order valence-electron chi connectivity index (χ1n) is 26.3. The molecule has 3 aromatic rings. The number of amides is 1. The number of ether oxygens (including phenoxy) is 4. The molecule has 32 heteroatoms. The first-order valence-corrected chi connectivity index (χ1v) is 32.8. The molecule has 84 heavy (non-hydrogen) atoms. The molecule has 0 saturated carbocycles. The molecule has 3 aliphatic rings. The second kappa shape index (κ2) is 38.0. The Hall–Kier alpha value is -2.68. The molecule has 0 bridgehead atoms. The topological polar surface area (TPSA) is 388 Å². The monoisotopic (exact) mass is 1280 g/mol. The quantitative estimate of drug-likeness (QED) is 0.00681. The van der Waals surface area contributed by atoms with Gasteiger partial charge in [0.2, 0.25) is 26.5 Å². The van der Waals surface area contributed by atoms with Gasteiger partial charge >= 0.3 is 79.5 Å². The van der Waals surface area contributed by atoms with Crippen molar-refractivity contribution in [1.29, 1.82) is 0 Å². The number of nitrogens with two attached hydrogens (primary N) is 2. The van der Waals surface area contributed by atoms with E-state index in [4.69, 9.17) is 49.5 Å². The molecule has 2 heterocycles. The number of aliphatic hydroxyl groups excluding tert-OH is 1. The molecule has 1 aliphatic carbocycles. The third-order valence-electron chi connectivity index (χ3n) is 12.4. The summed E-state index contributed by atoms with van der Waals surface area (Å²) in [6.45, 7) is 9.23. The predicted molar refractivity (Wildman–Crippen MR) is 302 cm³/mol. The number of nitrogen functional groups attached to an aromatic ring is 1. The van der Waals surface area contributed by atoms with Crippen LogP contribution in [0.25, 0.3) is 0 Å². The van der Waals surface area contributed by atoms with Crippen LogP contribution in [0, 0.1) is 11.8 Å². The molecule has 2 fully saturated rings. The zero-order chi connectivity index (χ0) is 60.7. The maximum atomic E-state index is 13.7. The summed E-state index contributed by atoms with van der Waals surface area (Å²) in [4.78, 5) is 56.4. The van der Waals surface area contributed by atoms with Crippen molar-refractivity contribution in [2.24, 2.45) is 17.6 Å². The van der Waals surface area contributed by atoms with Crippen LogP contribution in [0.15, 0.2) is 114 Å². The van der Waals surface area contributed by atoms with Crippen molar-refractivity contribution in [3.63, 3.8) is 0 Å². The second-order valence-electron chi connectivity index (χ2n) is 20.4. The van der Waals surface area contributed by atoms with Crippen LogP contribution in [0.5, 0.6) is 0 Å². The molecule has 462 valence electrons. The SMILES string of the molecule is CC(C)CN(C[C@@H](OP(=O)(O)O)[C@H](Cc1ccccc1)NC(O)O[C@H]1CCOC1)S(=O)(=O)c1ccc(N)cc1.CC(C)CN(C[C@@H](OP(C)(=O)[O-])[C@H](Cc1ccccc1)NC(=O)O[C@H]1CCOC1)S(=O)(=O)C1C=CC(N)=CC1.O=COO.[H-].[Na+].[Na+]. The first kappa shape index (κ1) is 77.4. The van der Waals surface area contributed by atoms with Crippen molar-refractivity contribution in [3.05, 3.63) is 120 Å². The molecule has 0 spiro atoms. The van der Waals surface area contributed by atoms with Crippen molar-refractivity contribution in [1.82, 2.24) is 19.2 Å². The Labute approximate surface area is 538 Å². The Bertz CT molecular complexity index is 2800.